The summed E-state index contributed by atoms with van der Waals surface area (Å²) in [5.74, 6) is 0.359. The molecule has 0 radical (unpaired) electrons. The van der Waals surface area contributed by atoms with E-state index >= 15 is 0 Å². The maximum atomic E-state index is 10.9. The topological polar surface area (TPSA) is 40.5 Å². The number of hydrogen-bond acceptors (Lipinski definition) is 2. The normalized spacial score (nSPS) is 30.4. The van der Waals surface area contributed by atoms with Crippen LogP contribution in [0.2, 0.25) is 0 Å². The van der Waals surface area contributed by atoms with Crippen LogP contribution in [0.3, 0.4) is 0 Å². The summed E-state index contributed by atoms with van der Waals surface area (Å²) in [6.45, 7) is 2.10. The molecule has 19 heavy (non-hydrogen) atoms. The molecule has 3 nitrogen and oxygen atoms in total. The quantitative estimate of drug-likeness (QED) is 0.904. The van der Waals surface area contributed by atoms with Crippen LogP contribution in [0.15, 0.2) is 30.3 Å². The van der Waals surface area contributed by atoms with Crippen molar-refractivity contribution in [1.82, 2.24) is 4.90 Å². The fourth-order valence-corrected chi connectivity index (χ4v) is 3.81. The van der Waals surface area contributed by atoms with E-state index in [-0.39, 0.29) is 0 Å². The van der Waals surface area contributed by atoms with Crippen LogP contribution >= 0.6 is 0 Å². The lowest BCUT2D eigenvalue weighted by molar-refractivity contribution is -0.138. The number of nitrogens with zero attached hydrogens (tertiary/aromatic N) is 1. The lowest BCUT2D eigenvalue weighted by Crippen LogP contribution is -2.28. The molecule has 0 aromatic heterocycles. The Morgan fingerprint density at radius 1 is 1.26 bits per heavy atom. The van der Waals surface area contributed by atoms with E-state index in [4.69, 9.17) is 5.11 Å². The standard InChI is InChI=1S/C16H21NO2/c18-16(19)9-13-6-7-15-8-14(13)11-17(15)10-12-4-2-1-3-5-12/h1-5,13-15H,6-11H2,(H,18,19). The van der Waals surface area contributed by atoms with E-state index in [9.17, 15) is 4.79 Å². The van der Waals surface area contributed by atoms with Gasteiger partial charge in [-0.2, -0.15) is 0 Å². The van der Waals surface area contributed by atoms with Gasteiger partial charge in [0.15, 0.2) is 0 Å². The molecule has 0 spiro atoms. The molecule has 0 amide bonds. The minimum absolute atomic E-state index is 0.358. The Morgan fingerprint density at radius 3 is 2.79 bits per heavy atom. The molecule has 1 saturated heterocycles. The average molecular weight is 259 g/mol. The largest absolute Gasteiger partial charge is 0.481 e. The van der Waals surface area contributed by atoms with Gasteiger partial charge >= 0.3 is 5.97 Å². The Labute approximate surface area is 114 Å². The number of likely N-dealkylation sites (tertiary alicyclic amines) is 1. The molecule has 1 saturated carbocycles. The van der Waals surface area contributed by atoms with Crippen LogP contribution in [0.4, 0.5) is 0 Å². The van der Waals surface area contributed by atoms with Crippen molar-refractivity contribution in [2.24, 2.45) is 11.8 Å². The van der Waals surface area contributed by atoms with E-state index < -0.39 is 5.97 Å². The molecule has 1 aliphatic carbocycles. The zero-order chi connectivity index (χ0) is 13.2. The van der Waals surface area contributed by atoms with Gasteiger partial charge in [-0.05, 0) is 36.7 Å². The molecule has 2 aliphatic rings. The summed E-state index contributed by atoms with van der Waals surface area (Å²) < 4.78 is 0. The van der Waals surface area contributed by atoms with Gasteiger partial charge < -0.3 is 5.11 Å². The highest BCUT2D eigenvalue weighted by atomic mass is 16.4. The predicted molar refractivity (Wildman–Crippen MR) is 73.7 cm³/mol. The minimum atomic E-state index is -0.634. The van der Waals surface area contributed by atoms with E-state index in [2.05, 4.69) is 35.2 Å². The van der Waals surface area contributed by atoms with E-state index in [0.717, 1.165) is 19.5 Å². The van der Waals surface area contributed by atoms with Gasteiger partial charge in [-0.25, -0.2) is 0 Å². The Kier molecular flexibility index (Phi) is 3.56. The first kappa shape index (κ1) is 12.7. The lowest BCUT2D eigenvalue weighted by Gasteiger charge is -2.27. The molecule has 1 aliphatic heterocycles. The van der Waals surface area contributed by atoms with E-state index in [0.29, 0.717) is 24.3 Å². The van der Waals surface area contributed by atoms with Crippen molar-refractivity contribution in [3.05, 3.63) is 35.9 Å². The third-order valence-corrected chi connectivity index (χ3v) is 4.76. The molecule has 1 aromatic carbocycles. The van der Waals surface area contributed by atoms with Crippen molar-refractivity contribution in [3.63, 3.8) is 0 Å². The highest BCUT2D eigenvalue weighted by molar-refractivity contribution is 5.67. The van der Waals surface area contributed by atoms with Crippen molar-refractivity contribution in [1.29, 1.82) is 0 Å². The first-order chi connectivity index (χ1) is 9.22. The first-order valence-corrected chi connectivity index (χ1v) is 7.22. The molecular weight excluding hydrogens is 238 g/mol. The number of carboxylic acids is 1. The monoisotopic (exact) mass is 259 g/mol. The van der Waals surface area contributed by atoms with Crippen molar-refractivity contribution in [3.8, 4) is 0 Å². The zero-order valence-electron chi connectivity index (χ0n) is 11.2. The van der Waals surface area contributed by atoms with Crippen LogP contribution in [0.5, 0.6) is 0 Å². The molecule has 2 fully saturated rings. The Morgan fingerprint density at radius 2 is 2.05 bits per heavy atom. The van der Waals surface area contributed by atoms with Gasteiger partial charge in [0.1, 0.15) is 0 Å². The number of carboxylic acid groups (broad SMARTS) is 1. The van der Waals surface area contributed by atoms with Gasteiger partial charge in [0.2, 0.25) is 0 Å². The molecule has 2 bridgehead atoms. The highest BCUT2D eigenvalue weighted by Gasteiger charge is 2.40. The number of benzene rings is 1. The van der Waals surface area contributed by atoms with Crippen LogP contribution in [-0.2, 0) is 11.3 Å². The first-order valence-electron chi connectivity index (χ1n) is 7.22. The Balaban J connectivity index is 1.63. The van der Waals surface area contributed by atoms with E-state index in [1.165, 1.54) is 18.4 Å². The number of hydrogen-bond donors (Lipinski definition) is 1. The summed E-state index contributed by atoms with van der Waals surface area (Å²) in [5.41, 5.74) is 1.37. The average Bonchev–Trinajstić information content (AvgIpc) is 2.72. The van der Waals surface area contributed by atoms with E-state index in [1.54, 1.807) is 0 Å². The van der Waals surface area contributed by atoms with Gasteiger partial charge in [-0.1, -0.05) is 30.3 Å². The summed E-state index contributed by atoms with van der Waals surface area (Å²) in [7, 11) is 0. The SMILES string of the molecule is O=C(O)CC1CCC2CC1CN2Cc1ccccc1. The van der Waals surface area contributed by atoms with Gasteiger partial charge in [0.05, 0.1) is 0 Å². The van der Waals surface area contributed by atoms with Crippen molar-refractivity contribution in [2.75, 3.05) is 6.54 Å². The molecule has 1 heterocycles. The summed E-state index contributed by atoms with van der Waals surface area (Å²) >= 11 is 0. The van der Waals surface area contributed by atoms with Crippen molar-refractivity contribution in [2.45, 2.75) is 38.3 Å². The second-order valence-corrected chi connectivity index (χ2v) is 6.00. The fraction of sp³-hybridized carbons (Fsp3) is 0.562. The molecule has 3 atom stereocenters. The van der Waals surface area contributed by atoms with Gasteiger partial charge in [-0.15, -0.1) is 0 Å². The zero-order valence-corrected chi connectivity index (χ0v) is 11.2. The van der Waals surface area contributed by atoms with Crippen LogP contribution in [0.25, 0.3) is 0 Å². The molecule has 102 valence electrons. The van der Waals surface area contributed by atoms with Crippen LogP contribution in [-0.4, -0.2) is 28.6 Å². The summed E-state index contributed by atoms with van der Waals surface area (Å²) in [6.07, 6.45) is 3.82. The predicted octanol–water partition coefficient (Wildman–Crippen LogP) is 2.76. The van der Waals surface area contributed by atoms with Gasteiger partial charge in [0.25, 0.3) is 0 Å². The maximum Gasteiger partial charge on any atom is 0.303 e. The third kappa shape index (κ3) is 2.81. The second kappa shape index (κ2) is 5.33. The number of carbonyl (C=O) groups is 1. The third-order valence-electron chi connectivity index (χ3n) is 4.76. The second-order valence-electron chi connectivity index (χ2n) is 6.00. The lowest BCUT2D eigenvalue weighted by atomic mass is 9.78. The van der Waals surface area contributed by atoms with E-state index in [1.807, 2.05) is 0 Å². The number of fused-ring (bicyclic) bond motifs is 2. The van der Waals surface area contributed by atoms with Crippen LogP contribution in [0, 0.1) is 11.8 Å². The molecule has 3 rings (SSSR count). The van der Waals surface area contributed by atoms with Gasteiger partial charge in [-0.3, -0.25) is 9.69 Å². The molecule has 3 unspecified atom stereocenters. The van der Waals surface area contributed by atoms with Crippen LogP contribution in [0.1, 0.15) is 31.2 Å². The maximum absolute atomic E-state index is 10.9. The number of rotatable bonds is 4. The molecule has 1 aromatic rings. The summed E-state index contributed by atoms with van der Waals surface area (Å²) in [6, 6.07) is 11.3. The fourth-order valence-electron chi connectivity index (χ4n) is 3.81. The molecule has 3 heteroatoms. The smallest absolute Gasteiger partial charge is 0.303 e. The van der Waals surface area contributed by atoms with Crippen molar-refractivity contribution >= 4 is 5.97 Å². The van der Waals surface area contributed by atoms with Gasteiger partial charge in [0, 0.05) is 25.6 Å². The minimum Gasteiger partial charge on any atom is -0.481 e. The van der Waals surface area contributed by atoms with Crippen molar-refractivity contribution < 1.29 is 9.90 Å². The highest BCUT2D eigenvalue weighted by Crippen LogP contribution is 2.41. The Bertz CT molecular complexity index is 445. The summed E-state index contributed by atoms with van der Waals surface area (Å²) in [4.78, 5) is 13.5. The molecule has 1 N–H and O–H groups in total. The Hall–Kier alpha value is -1.35. The summed E-state index contributed by atoms with van der Waals surface area (Å²) in [5, 5.41) is 8.98. The molecular formula is C16H21NO2. The van der Waals surface area contributed by atoms with Crippen LogP contribution < -0.4 is 0 Å². The number of aliphatic carboxylic acids is 1.